The molecule has 9 heteroatoms. The number of methoxy groups -OCH3 is 1. The van der Waals surface area contributed by atoms with Crippen molar-refractivity contribution in [3.8, 4) is 5.75 Å². The van der Waals surface area contributed by atoms with Gasteiger partial charge in [-0.05, 0) is 82.7 Å². The standard InChI is InChI=1S/C21H18BrN3O4S/c1-28-18-9-6-14(11-17(18)22)20(27)25-21(30)24-15-7-4-13(5-8-15)19(26)23-12-16-3-2-10-29-16/h2-11H,12H2,1H3,(H,23,26)(H2,24,25,27,30). The SMILES string of the molecule is COc1ccc(C(=O)NC(=S)Nc2ccc(C(=O)NCc3ccco3)cc2)cc1Br. The number of rotatable bonds is 6. The highest BCUT2D eigenvalue weighted by atomic mass is 79.9. The first-order chi connectivity index (χ1) is 14.5. The maximum absolute atomic E-state index is 12.3. The molecule has 0 aliphatic rings. The Balaban J connectivity index is 1.53. The summed E-state index contributed by atoms with van der Waals surface area (Å²) in [4.78, 5) is 24.5. The Morgan fingerprint density at radius 3 is 2.43 bits per heavy atom. The highest BCUT2D eigenvalue weighted by Gasteiger charge is 2.11. The van der Waals surface area contributed by atoms with E-state index in [0.29, 0.717) is 39.3 Å². The Morgan fingerprint density at radius 2 is 1.80 bits per heavy atom. The van der Waals surface area contributed by atoms with Gasteiger partial charge in [-0.2, -0.15) is 0 Å². The van der Waals surface area contributed by atoms with Gasteiger partial charge in [0.15, 0.2) is 5.11 Å². The van der Waals surface area contributed by atoms with Gasteiger partial charge in [-0.1, -0.05) is 0 Å². The van der Waals surface area contributed by atoms with E-state index in [4.69, 9.17) is 21.4 Å². The lowest BCUT2D eigenvalue weighted by Crippen LogP contribution is -2.34. The van der Waals surface area contributed by atoms with Gasteiger partial charge in [0.1, 0.15) is 11.5 Å². The molecule has 154 valence electrons. The monoisotopic (exact) mass is 487 g/mol. The van der Waals surface area contributed by atoms with E-state index in [9.17, 15) is 9.59 Å². The number of ether oxygens (including phenoxy) is 1. The van der Waals surface area contributed by atoms with Crippen LogP contribution in [0.25, 0.3) is 0 Å². The number of halogens is 1. The van der Waals surface area contributed by atoms with E-state index in [2.05, 4.69) is 31.9 Å². The Bertz CT molecular complexity index is 1050. The minimum atomic E-state index is -0.357. The molecule has 0 fully saturated rings. The van der Waals surface area contributed by atoms with Crippen LogP contribution in [0.5, 0.6) is 5.75 Å². The zero-order valence-corrected chi connectivity index (χ0v) is 18.3. The molecular weight excluding hydrogens is 470 g/mol. The molecule has 0 saturated carbocycles. The number of furan rings is 1. The molecule has 3 aromatic rings. The molecule has 0 spiro atoms. The van der Waals surface area contributed by atoms with E-state index in [1.807, 2.05) is 0 Å². The molecule has 2 amide bonds. The Labute approximate surface area is 186 Å². The van der Waals surface area contributed by atoms with Crippen LogP contribution in [0.15, 0.2) is 69.8 Å². The van der Waals surface area contributed by atoms with E-state index in [1.54, 1.807) is 68.0 Å². The van der Waals surface area contributed by atoms with Crippen LogP contribution in [0.4, 0.5) is 5.69 Å². The van der Waals surface area contributed by atoms with Crippen molar-refractivity contribution in [3.63, 3.8) is 0 Å². The second-order valence-electron chi connectivity index (χ2n) is 6.10. The molecule has 1 heterocycles. The van der Waals surface area contributed by atoms with Crippen LogP contribution in [-0.2, 0) is 6.54 Å². The number of carbonyl (C=O) groups excluding carboxylic acids is 2. The minimum Gasteiger partial charge on any atom is -0.496 e. The summed E-state index contributed by atoms with van der Waals surface area (Å²) in [5.74, 6) is 0.718. The normalized spacial score (nSPS) is 10.2. The molecule has 1 aromatic heterocycles. The van der Waals surface area contributed by atoms with Crippen LogP contribution in [0, 0.1) is 0 Å². The lowest BCUT2D eigenvalue weighted by Gasteiger charge is -2.11. The van der Waals surface area contributed by atoms with Gasteiger partial charge in [0.05, 0.1) is 24.4 Å². The highest BCUT2D eigenvalue weighted by molar-refractivity contribution is 9.10. The fraction of sp³-hybridized carbons (Fsp3) is 0.0952. The second-order valence-corrected chi connectivity index (χ2v) is 7.36. The molecule has 0 radical (unpaired) electrons. The number of amides is 2. The molecule has 3 rings (SSSR count). The molecule has 0 unspecified atom stereocenters. The molecule has 2 aromatic carbocycles. The first kappa shape index (κ1) is 21.5. The predicted octanol–water partition coefficient (Wildman–Crippen LogP) is 4.11. The fourth-order valence-corrected chi connectivity index (χ4v) is 3.28. The molecule has 0 aliphatic heterocycles. The van der Waals surface area contributed by atoms with Crippen molar-refractivity contribution < 1.29 is 18.7 Å². The molecule has 0 saturated heterocycles. The van der Waals surface area contributed by atoms with Crippen LogP contribution >= 0.6 is 28.1 Å². The molecule has 0 aliphatic carbocycles. The maximum Gasteiger partial charge on any atom is 0.257 e. The third kappa shape index (κ3) is 5.68. The van der Waals surface area contributed by atoms with Crippen molar-refractivity contribution in [1.29, 1.82) is 0 Å². The smallest absolute Gasteiger partial charge is 0.257 e. The van der Waals surface area contributed by atoms with Gasteiger partial charge in [-0.15, -0.1) is 0 Å². The number of nitrogens with one attached hydrogen (secondary N) is 3. The van der Waals surface area contributed by atoms with Gasteiger partial charge in [-0.25, -0.2) is 0 Å². The van der Waals surface area contributed by atoms with E-state index >= 15 is 0 Å². The van der Waals surface area contributed by atoms with Crippen LogP contribution in [0.1, 0.15) is 26.5 Å². The lowest BCUT2D eigenvalue weighted by molar-refractivity contribution is 0.0946. The molecule has 30 heavy (non-hydrogen) atoms. The summed E-state index contributed by atoms with van der Waals surface area (Å²) < 4.78 is 11.0. The number of anilines is 1. The van der Waals surface area contributed by atoms with Crippen molar-refractivity contribution in [3.05, 3.63) is 82.2 Å². The predicted molar refractivity (Wildman–Crippen MR) is 121 cm³/mol. The van der Waals surface area contributed by atoms with Crippen molar-refractivity contribution in [2.24, 2.45) is 0 Å². The lowest BCUT2D eigenvalue weighted by atomic mass is 10.2. The topological polar surface area (TPSA) is 92.6 Å². The van der Waals surface area contributed by atoms with Gasteiger partial charge >= 0.3 is 0 Å². The summed E-state index contributed by atoms with van der Waals surface area (Å²) in [6.45, 7) is 0.309. The summed E-state index contributed by atoms with van der Waals surface area (Å²) in [5.41, 5.74) is 1.55. The van der Waals surface area contributed by atoms with Crippen LogP contribution < -0.4 is 20.7 Å². The number of benzene rings is 2. The van der Waals surface area contributed by atoms with Crippen molar-refractivity contribution in [2.45, 2.75) is 6.54 Å². The summed E-state index contributed by atoms with van der Waals surface area (Å²) in [5, 5.41) is 8.44. The summed E-state index contributed by atoms with van der Waals surface area (Å²) in [7, 11) is 1.55. The molecule has 7 nitrogen and oxygen atoms in total. The van der Waals surface area contributed by atoms with Crippen LogP contribution in [0.2, 0.25) is 0 Å². The van der Waals surface area contributed by atoms with Crippen molar-refractivity contribution >= 4 is 50.8 Å². The maximum atomic E-state index is 12.3. The van der Waals surface area contributed by atoms with Gasteiger partial charge in [0.25, 0.3) is 11.8 Å². The second kappa shape index (κ2) is 10.0. The van der Waals surface area contributed by atoms with Crippen LogP contribution in [0.3, 0.4) is 0 Å². The van der Waals surface area contributed by atoms with Crippen molar-refractivity contribution in [1.82, 2.24) is 10.6 Å². The van der Waals surface area contributed by atoms with Crippen LogP contribution in [-0.4, -0.2) is 24.0 Å². The Hall–Kier alpha value is -3.17. The van der Waals surface area contributed by atoms with Gasteiger partial charge in [-0.3, -0.25) is 14.9 Å². The summed E-state index contributed by atoms with van der Waals surface area (Å²) >= 11 is 8.54. The molecule has 0 bridgehead atoms. The first-order valence-electron chi connectivity index (χ1n) is 8.83. The van der Waals surface area contributed by atoms with Gasteiger partial charge < -0.3 is 19.8 Å². The highest BCUT2D eigenvalue weighted by Crippen LogP contribution is 2.25. The Kier molecular flexibility index (Phi) is 7.21. The average molecular weight is 488 g/mol. The number of thiocarbonyl (C=S) groups is 1. The Morgan fingerprint density at radius 1 is 1.07 bits per heavy atom. The quantitative estimate of drug-likeness (QED) is 0.453. The van der Waals surface area contributed by atoms with Gasteiger partial charge in [0.2, 0.25) is 0 Å². The van der Waals surface area contributed by atoms with Gasteiger partial charge in [0, 0.05) is 16.8 Å². The molecule has 3 N–H and O–H groups in total. The minimum absolute atomic E-state index is 0.141. The average Bonchev–Trinajstić information content (AvgIpc) is 3.26. The molecular formula is C21H18BrN3O4S. The third-order valence-corrected chi connectivity index (χ3v) is 4.87. The number of carbonyl (C=O) groups is 2. The summed E-state index contributed by atoms with van der Waals surface area (Å²) in [6.07, 6.45) is 1.55. The number of hydrogen-bond acceptors (Lipinski definition) is 5. The van der Waals surface area contributed by atoms with E-state index in [1.165, 1.54) is 0 Å². The largest absolute Gasteiger partial charge is 0.496 e. The van der Waals surface area contributed by atoms with E-state index < -0.39 is 0 Å². The van der Waals surface area contributed by atoms with Crippen molar-refractivity contribution in [2.75, 3.05) is 12.4 Å². The molecule has 0 atom stereocenters. The first-order valence-corrected chi connectivity index (χ1v) is 10.0. The number of hydrogen-bond donors (Lipinski definition) is 3. The zero-order chi connectivity index (χ0) is 21.5. The zero-order valence-electron chi connectivity index (χ0n) is 15.9. The summed E-state index contributed by atoms with van der Waals surface area (Å²) in [6, 6.07) is 15.2. The fourth-order valence-electron chi connectivity index (χ4n) is 2.53. The van der Waals surface area contributed by atoms with E-state index in [-0.39, 0.29) is 16.9 Å². The third-order valence-electron chi connectivity index (χ3n) is 4.05. The van der Waals surface area contributed by atoms with E-state index in [0.717, 1.165) is 0 Å².